The van der Waals surface area contributed by atoms with Gasteiger partial charge in [-0.2, -0.15) is 13.2 Å². The molecule has 0 aliphatic carbocycles. The molecule has 0 spiro atoms. The van der Waals surface area contributed by atoms with Crippen LogP contribution in [0.15, 0.2) is 34.8 Å². The lowest BCUT2D eigenvalue weighted by atomic mass is 10.0. The zero-order valence-corrected chi connectivity index (χ0v) is 13.6. The summed E-state index contributed by atoms with van der Waals surface area (Å²) in [6.07, 6.45) is -4.95. The van der Waals surface area contributed by atoms with Crippen molar-refractivity contribution in [1.82, 2.24) is 0 Å². The number of carbonyl (C=O) groups is 1. The number of ketones is 1. The molecule has 2 nitrogen and oxygen atoms in total. The molecule has 0 radical (unpaired) electrons. The SMILES string of the molecule is CC(C)COc1c(C(=O)C(F)(F)F)cc(Br)c2ccccc12. The van der Waals surface area contributed by atoms with Crippen LogP contribution in [0, 0.1) is 5.92 Å². The van der Waals surface area contributed by atoms with Gasteiger partial charge in [0, 0.05) is 9.86 Å². The van der Waals surface area contributed by atoms with Crippen LogP contribution in [0.5, 0.6) is 5.75 Å². The molecule has 0 aliphatic rings. The number of fused-ring (bicyclic) bond motifs is 1. The minimum atomic E-state index is -4.95. The second-order valence-electron chi connectivity index (χ2n) is 5.31. The van der Waals surface area contributed by atoms with Crippen LogP contribution >= 0.6 is 15.9 Å². The Kier molecular flexibility index (Phi) is 4.80. The molecule has 118 valence electrons. The number of alkyl halides is 3. The summed E-state index contributed by atoms with van der Waals surface area (Å²) in [6.45, 7) is 3.99. The lowest BCUT2D eigenvalue weighted by Gasteiger charge is -2.17. The standard InChI is InChI=1S/C16H14BrF3O2/c1-9(2)8-22-14-11-6-4-3-5-10(11)13(17)7-12(14)15(21)16(18,19)20/h3-7,9H,8H2,1-2H3. The van der Waals surface area contributed by atoms with Crippen LogP contribution in [0.3, 0.4) is 0 Å². The van der Waals surface area contributed by atoms with E-state index in [-0.39, 0.29) is 18.3 Å². The third kappa shape index (κ3) is 3.43. The molecule has 0 amide bonds. The predicted octanol–water partition coefficient (Wildman–Crippen LogP) is 5.38. The van der Waals surface area contributed by atoms with Gasteiger partial charge in [-0.25, -0.2) is 0 Å². The van der Waals surface area contributed by atoms with Crippen molar-refractivity contribution in [3.8, 4) is 5.75 Å². The van der Waals surface area contributed by atoms with Crippen LogP contribution in [-0.4, -0.2) is 18.6 Å². The van der Waals surface area contributed by atoms with Crippen molar-refractivity contribution in [3.05, 3.63) is 40.4 Å². The summed E-state index contributed by atoms with van der Waals surface area (Å²) in [7, 11) is 0. The number of benzene rings is 2. The Balaban J connectivity index is 2.68. The largest absolute Gasteiger partial charge is 0.492 e. The third-order valence-corrected chi connectivity index (χ3v) is 3.66. The van der Waals surface area contributed by atoms with Crippen molar-refractivity contribution in [2.45, 2.75) is 20.0 Å². The molecule has 0 aliphatic heterocycles. The number of Topliss-reactive ketones (excluding diaryl/α,β-unsaturated/α-hetero) is 1. The molecule has 0 bridgehead atoms. The first-order valence-corrected chi connectivity index (χ1v) is 7.46. The number of halogens is 4. The number of ether oxygens (including phenoxy) is 1. The van der Waals surface area contributed by atoms with Crippen LogP contribution in [-0.2, 0) is 0 Å². The van der Waals surface area contributed by atoms with Crippen LogP contribution in [0.4, 0.5) is 13.2 Å². The second kappa shape index (κ2) is 6.28. The van der Waals surface area contributed by atoms with Crippen LogP contribution in [0.2, 0.25) is 0 Å². The van der Waals surface area contributed by atoms with Gasteiger partial charge in [-0.3, -0.25) is 4.79 Å². The molecular formula is C16H14BrF3O2. The molecule has 2 rings (SSSR count). The summed E-state index contributed by atoms with van der Waals surface area (Å²) < 4.78 is 44.4. The Morgan fingerprint density at radius 3 is 2.36 bits per heavy atom. The van der Waals surface area contributed by atoms with E-state index in [9.17, 15) is 18.0 Å². The van der Waals surface area contributed by atoms with Crippen LogP contribution in [0.25, 0.3) is 10.8 Å². The van der Waals surface area contributed by atoms with Crippen molar-refractivity contribution in [2.75, 3.05) is 6.61 Å². The van der Waals surface area contributed by atoms with E-state index < -0.39 is 17.5 Å². The van der Waals surface area contributed by atoms with Crippen molar-refractivity contribution >= 4 is 32.5 Å². The second-order valence-corrected chi connectivity index (χ2v) is 6.17. The molecule has 0 N–H and O–H groups in total. The topological polar surface area (TPSA) is 26.3 Å². The molecule has 6 heteroatoms. The minimum Gasteiger partial charge on any atom is -0.492 e. The van der Waals surface area contributed by atoms with E-state index in [2.05, 4.69) is 15.9 Å². The lowest BCUT2D eigenvalue weighted by molar-refractivity contribution is -0.0886. The van der Waals surface area contributed by atoms with Gasteiger partial charge in [-0.15, -0.1) is 0 Å². The Labute approximate surface area is 134 Å². The van der Waals surface area contributed by atoms with E-state index in [1.54, 1.807) is 24.3 Å². The van der Waals surface area contributed by atoms with Crippen molar-refractivity contribution < 1.29 is 22.7 Å². The van der Waals surface area contributed by atoms with Crippen LogP contribution in [0.1, 0.15) is 24.2 Å². The van der Waals surface area contributed by atoms with Gasteiger partial charge in [0.15, 0.2) is 0 Å². The molecule has 22 heavy (non-hydrogen) atoms. The molecule has 2 aromatic carbocycles. The van der Waals surface area contributed by atoms with E-state index in [0.717, 1.165) is 0 Å². The average Bonchev–Trinajstić information content (AvgIpc) is 2.44. The molecule has 0 atom stereocenters. The van der Waals surface area contributed by atoms with Crippen molar-refractivity contribution in [2.24, 2.45) is 5.92 Å². The van der Waals surface area contributed by atoms with Gasteiger partial charge in [-0.1, -0.05) is 54.0 Å². The molecule has 2 aromatic rings. The summed E-state index contributed by atoms with van der Waals surface area (Å²) in [5.41, 5.74) is -0.473. The predicted molar refractivity (Wildman–Crippen MR) is 82.4 cm³/mol. The third-order valence-electron chi connectivity index (χ3n) is 3.01. The zero-order chi connectivity index (χ0) is 16.5. The van der Waals surface area contributed by atoms with E-state index in [4.69, 9.17) is 4.74 Å². The number of rotatable bonds is 4. The molecule has 0 heterocycles. The van der Waals surface area contributed by atoms with Gasteiger partial charge < -0.3 is 4.74 Å². The first-order chi connectivity index (χ1) is 10.2. The Morgan fingerprint density at radius 2 is 1.82 bits per heavy atom. The highest BCUT2D eigenvalue weighted by atomic mass is 79.9. The zero-order valence-electron chi connectivity index (χ0n) is 12.0. The molecule has 0 saturated heterocycles. The Hall–Kier alpha value is -1.56. The minimum absolute atomic E-state index is 0.0187. The van der Waals surface area contributed by atoms with Crippen LogP contribution < -0.4 is 4.74 Å². The maximum absolute atomic E-state index is 12.8. The highest BCUT2D eigenvalue weighted by molar-refractivity contribution is 9.10. The van der Waals surface area contributed by atoms with E-state index >= 15 is 0 Å². The van der Waals surface area contributed by atoms with Gasteiger partial charge in [0.05, 0.1) is 12.2 Å². The quantitative estimate of drug-likeness (QED) is 0.671. The van der Waals surface area contributed by atoms with Gasteiger partial charge in [0.1, 0.15) is 5.75 Å². The fourth-order valence-electron chi connectivity index (χ4n) is 2.03. The molecule has 0 aromatic heterocycles. The van der Waals surface area contributed by atoms with Gasteiger partial charge in [0.25, 0.3) is 5.78 Å². The maximum Gasteiger partial charge on any atom is 0.455 e. The van der Waals surface area contributed by atoms with Gasteiger partial charge in [0.2, 0.25) is 0 Å². The highest BCUT2D eigenvalue weighted by Gasteiger charge is 2.41. The number of carbonyl (C=O) groups excluding carboxylic acids is 1. The molecule has 0 fully saturated rings. The number of hydrogen-bond donors (Lipinski definition) is 0. The fraction of sp³-hybridized carbons (Fsp3) is 0.312. The summed E-state index contributed by atoms with van der Waals surface area (Å²) in [4.78, 5) is 11.7. The van der Waals surface area contributed by atoms with Crippen molar-refractivity contribution in [3.63, 3.8) is 0 Å². The molecular weight excluding hydrogens is 361 g/mol. The van der Waals surface area contributed by atoms with E-state index in [1.807, 2.05) is 13.8 Å². The molecule has 0 saturated carbocycles. The summed E-state index contributed by atoms with van der Waals surface area (Å²) in [5.74, 6) is -1.80. The highest BCUT2D eigenvalue weighted by Crippen LogP contribution is 2.38. The summed E-state index contributed by atoms with van der Waals surface area (Å²) in [6, 6.07) is 8.03. The lowest BCUT2D eigenvalue weighted by Crippen LogP contribution is -2.24. The normalized spacial score (nSPS) is 12.0. The molecule has 0 unspecified atom stereocenters. The Bertz CT molecular complexity index is 708. The maximum atomic E-state index is 12.8. The first kappa shape index (κ1) is 16.8. The first-order valence-electron chi connectivity index (χ1n) is 6.67. The van der Waals surface area contributed by atoms with E-state index in [0.29, 0.717) is 15.2 Å². The fourth-order valence-corrected chi connectivity index (χ4v) is 2.61. The summed E-state index contributed by atoms with van der Waals surface area (Å²) >= 11 is 3.22. The monoisotopic (exact) mass is 374 g/mol. The number of hydrogen-bond acceptors (Lipinski definition) is 2. The Morgan fingerprint density at radius 1 is 1.23 bits per heavy atom. The average molecular weight is 375 g/mol. The van der Waals surface area contributed by atoms with E-state index in [1.165, 1.54) is 6.07 Å². The summed E-state index contributed by atoms with van der Waals surface area (Å²) in [5, 5.41) is 1.17. The van der Waals surface area contributed by atoms with Gasteiger partial charge >= 0.3 is 6.18 Å². The smallest absolute Gasteiger partial charge is 0.455 e. The van der Waals surface area contributed by atoms with Crippen molar-refractivity contribution in [1.29, 1.82) is 0 Å². The van der Waals surface area contributed by atoms with Gasteiger partial charge in [-0.05, 0) is 17.4 Å².